The van der Waals surface area contributed by atoms with E-state index in [9.17, 15) is 30.3 Å². The number of rotatable bonds is 5. The van der Waals surface area contributed by atoms with Crippen molar-refractivity contribution in [3.63, 3.8) is 0 Å². The van der Waals surface area contributed by atoms with Crippen molar-refractivity contribution in [3.05, 3.63) is 0 Å². The van der Waals surface area contributed by atoms with E-state index in [0.29, 0.717) is 0 Å². The Labute approximate surface area is 175 Å². The molecule has 9 nitrogen and oxygen atoms in total. The molecule has 172 valence electrons. The maximum Gasteiger partial charge on any atom is 0.310 e. The molecular weight excluding hydrogens is 396 g/mol. The van der Waals surface area contributed by atoms with Gasteiger partial charge in [-0.2, -0.15) is 0 Å². The van der Waals surface area contributed by atoms with Crippen molar-refractivity contribution in [1.29, 1.82) is 0 Å². The SMILES string of the molecule is CC(C)C1C2OC(=O)C1C1CCC(COC3OC(CO)C(O)C(O)C3O)C1(C)C2O. The van der Waals surface area contributed by atoms with Crippen LogP contribution in [0.5, 0.6) is 0 Å². The average molecular weight is 430 g/mol. The first-order valence-electron chi connectivity index (χ1n) is 10.9. The molecule has 0 aromatic heterocycles. The maximum atomic E-state index is 12.6. The van der Waals surface area contributed by atoms with Crippen LogP contribution in [0, 0.1) is 35.0 Å². The summed E-state index contributed by atoms with van der Waals surface area (Å²) in [5.41, 5.74) is -0.582. The summed E-state index contributed by atoms with van der Waals surface area (Å²) in [6.07, 6.45) is -6.47. The zero-order valence-corrected chi connectivity index (χ0v) is 17.6. The molecule has 12 unspecified atom stereocenters. The lowest BCUT2D eigenvalue weighted by Gasteiger charge is -2.50. The molecule has 2 saturated heterocycles. The van der Waals surface area contributed by atoms with Crippen LogP contribution < -0.4 is 0 Å². The van der Waals surface area contributed by atoms with E-state index in [-0.39, 0.29) is 42.2 Å². The first-order valence-corrected chi connectivity index (χ1v) is 10.9. The number of carbonyl (C=O) groups is 1. The Kier molecular flexibility index (Phi) is 5.93. The molecule has 12 atom stereocenters. The summed E-state index contributed by atoms with van der Waals surface area (Å²) in [7, 11) is 0. The molecule has 2 saturated carbocycles. The van der Waals surface area contributed by atoms with Crippen LogP contribution in [0.1, 0.15) is 33.6 Å². The predicted molar refractivity (Wildman–Crippen MR) is 102 cm³/mol. The minimum Gasteiger partial charge on any atom is -0.459 e. The number of hydrogen-bond donors (Lipinski definition) is 5. The summed E-state index contributed by atoms with van der Waals surface area (Å²) >= 11 is 0. The second-order valence-electron chi connectivity index (χ2n) is 9.97. The van der Waals surface area contributed by atoms with Gasteiger partial charge >= 0.3 is 5.97 Å². The first kappa shape index (κ1) is 22.4. The number of ether oxygens (including phenoxy) is 3. The molecule has 0 aromatic carbocycles. The molecule has 9 heteroatoms. The second kappa shape index (κ2) is 7.95. The molecule has 0 amide bonds. The Bertz CT molecular complexity index is 654. The zero-order valence-electron chi connectivity index (χ0n) is 17.6. The van der Waals surface area contributed by atoms with Crippen LogP contribution in [0.3, 0.4) is 0 Å². The van der Waals surface area contributed by atoms with Crippen molar-refractivity contribution in [2.24, 2.45) is 35.0 Å². The fourth-order valence-electron chi connectivity index (χ4n) is 6.52. The number of aliphatic hydroxyl groups is 5. The summed E-state index contributed by atoms with van der Waals surface area (Å²) < 4.78 is 16.8. The maximum absolute atomic E-state index is 12.6. The molecule has 4 rings (SSSR count). The Morgan fingerprint density at radius 2 is 1.83 bits per heavy atom. The van der Waals surface area contributed by atoms with E-state index in [4.69, 9.17) is 14.2 Å². The molecular formula is C21H34O9. The number of fused-ring (bicyclic) bond motifs is 4. The van der Waals surface area contributed by atoms with Gasteiger partial charge in [-0.25, -0.2) is 0 Å². The molecule has 0 aromatic rings. The molecule has 0 radical (unpaired) electrons. The Morgan fingerprint density at radius 3 is 2.47 bits per heavy atom. The highest BCUT2D eigenvalue weighted by molar-refractivity contribution is 5.77. The third-order valence-electron chi connectivity index (χ3n) is 8.29. The summed E-state index contributed by atoms with van der Waals surface area (Å²) in [5, 5.41) is 50.7. The molecule has 4 aliphatic rings. The van der Waals surface area contributed by atoms with Crippen LogP contribution in [-0.4, -0.2) is 87.6 Å². The smallest absolute Gasteiger partial charge is 0.310 e. The van der Waals surface area contributed by atoms with Gasteiger partial charge in [0.25, 0.3) is 0 Å². The van der Waals surface area contributed by atoms with Crippen molar-refractivity contribution in [2.45, 2.75) is 76.5 Å². The van der Waals surface area contributed by atoms with Crippen molar-refractivity contribution in [1.82, 2.24) is 0 Å². The molecule has 2 aliphatic carbocycles. The van der Waals surface area contributed by atoms with Gasteiger partial charge in [-0.05, 0) is 30.6 Å². The number of aliphatic hydroxyl groups excluding tert-OH is 5. The summed E-state index contributed by atoms with van der Waals surface area (Å²) in [5.74, 6) is -0.361. The minimum absolute atomic E-state index is 0.00399. The topological polar surface area (TPSA) is 146 Å². The molecule has 2 aliphatic heterocycles. The van der Waals surface area contributed by atoms with E-state index in [1.54, 1.807) is 0 Å². The van der Waals surface area contributed by atoms with Crippen LogP contribution in [-0.2, 0) is 19.0 Å². The van der Waals surface area contributed by atoms with Crippen LogP contribution >= 0.6 is 0 Å². The fraction of sp³-hybridized carbons (Fsp3) is 0.952. The Morgan fingerprint density at radius 1 is 1.13 bits per heavy atom. The Balaban J connectivity index is 1.49. The van der Waals surface area contributed by atoms with Gasteiger partial charge in [0.1, 0.15) is 30.5 Å². The van der Waals surface area contributed by atoms with Crippen LogP contribution in [0.4, 0.5) is 0 Å². The van der Waals surface area contributed by atoms with Crippen molar-refractivity contribution in [2.75, 3.05) is 13.2 Å². The lowest BCUT2D eigenvalue weighted by molar-refractivity contribution is -0.305. The second-order valence-corrected chi connectivity index (χ2v) is 9.97. The van der Waals surface area contributed by atoms with Crippen LogP contribution in [0.2, 0.25) is 0 Å². The number of esters is 1. The number of carbonyl (C=O) groups excluding carboxylic acids is 1. The molecule has 2 heterocycles. The highest BCUT2D eigenvalue weighted by atomic mass is 16.7. The average Bonchev–Trinajstić information content (AvgIpc) is 3.20. The quantitative estimate of drug-likeness (QED) is 0.348. The third-order valence-corrected chi connectivity index (χ3v) is 8.29. The Hall–Kier alpha value is -0.810. The monoisotopic (exact) mass is 430 g/mol. The van der Waals surface area contributed by atoms with Gasteiger partial charge in [0.2, 0.25) is 0 Å². The van der Waals surface area contributed by atoms with E-state index in [1.165, 1.54) is 0 Å². The first-order chi connectivity index (χ1) is 14.1. The molecule has 4 fully saturated rings. The predicted octanol–water partition coefficient (Wildman–Crippen LogP) is -0.976. The molecule has 2 bridgehead atoms. The zero-order chi connectivity index (χ0) is 22.0. The van der Waals surface area contributed by atoms with Gasteiger partial charge in [-0.1, -0.05) is 20.8 Å². The summed E-state index contributed by atoms with van der Waals surface area (Å²) in [6, 6.07) is 0. The third kappa shape index (κ3) is 3.13. The lowest BCUT2D eigenvalue weighted by Crippen LogP contribution is -2.60. The fourth-order valence-corrected chi connectivity index (χ4v) is 6.52. The van der Waals surface area contributed by atoms with Crippen molar-refractivity contribution < 1.29 is 44.5 Å². The van der Waals surface area contributed by atoms with Crippen molar-refractivity contribution in [3.8, 4) is 0 Å². The van der Waals surface area contributed by atoms with Gasteiger partial charge in [-0.3, -0.25) is 4.79 Å². The van der Waals surface area contributed by atoms with E-state index in [2.05, 4.69) is 13.8 Å². The van der Waals surface area contributed by atoms with E-state index >= 15 is 0 Å². The molecule has 5 N–H and O–H groups in total. The van der Waals surface area contributed by atoms with E-state index < -0.39 is 54.9 Å². The van der Waals surface area contributed by atoms with Crippen LogP contribution in [0.25, 0.3) is 0 Å². The largest absolute Gasteiger partial charge is 0.459 e. The normalized spacial score (nSPS) is 53.1. The van der Waals surface area contributed by atoms with Gasteiger partial charge < -0.3 is 39.7 Å². The summed E-state index contributed by atoms with van der Waals surface area (Å²) in [4.78, 5) is 12.6. The van der Waals surface area contributed by atoms with Crippen molar-refractivity contribution >= 4 is 5.97 Å². The lowest BCUT2D eigenvalue weighted by atomic mass is 9.55. The molecule has 0 spiro atoms. The highest BCUT2D eigenvalue weighted by Gasteiger charge is 2.68. The van der Waals surface area contributed by atoms with Gasteiger partial charge in [0.05, 0.1) is 25.2 Å². The number of hydrogen-bond acceptors (Lipinski definition) is 9. The van der Waals surface area contributed by atoms with Gasteiger partial charge in [-0.15, -0.1) is 0 Å². The molecule has 30 heavy (non-hydrogen) atoms. The van der Waals surface area contributed by atoms with E-state index in [0.717, 1.165) is 12.8 Å². The minimum atomic E-state index is -1.50. The van der Waals surface area contributed by atoms with Gasteiger partial charge in [0.15, 0.2) is 6.29 Å². The van der Waals surface area contributed by atoms with E-state index in [1.807, 2.05) is 6.92 Å². The highest BCUT2D eigenvalue weighted by Crippen LogP contribution is 2.63. The summed E-state index contributed by atoms with van der Waals surface area (Å²) in [6.45, 7) is 5.71. The van der Waals surface area contributed by atoms with Gasteiger partial charge in [0, 0.05) is 11.3 Å². The standard InChI is InChI=1S/C21H34O9/c1-8(2)12-13-10-5-4-9(21(10,3)18(26)17(12)30-19(13)27)7-28-20-16(25)15(24)14(23)11(6-22)29-20/h8-18,20,22-26H,4-7H2,1-3H3. The van der Waals surface area contributed by atoms with Crippen LogP contribution in [0.15, 0.2) is 0 Å².